The van der Waals surface area contributed by atoms with Crippen LogP contribution in [0, 0.1) is 0 Å². The average molecular weight is 379 g/mol. The summed E-state index contributed by atoms with van der Waals surface area (Å²) in [5.41, 5.74) is 4.72. The standard InChI is InChI=1S/C21H21N3O2S/c25-27(26,13-12-16-6-2-1-3-7-16)24-20-11-5-8-17-18(20)9-4-10-19(17)21-14-22-15-23-21/h1-3,5-8,11-15,19,24H,4,9-10H2,(H,22,23). The van der Waals surface area contributed by atoms with E-state index in [1.165, 1.54) is 5.41 Å². The summed E-state index contributed by atoms with van der Waals surface area (Å²) in [7, 11) is -3.59. The first kappa shape index (κ1) is 17.5. The van der Waals surface area contributed by atoms with E-state index < -0.39 is 10.0 Å². The Kier molecular flexibility index (Phi) is 4.81. The van der Waals surface area contributed by atoms with Gasteiger partial charge in [-0.3, -0.25) is 4.72 Å². The number of imidazole rings is 1. The first-order valence-corrected chi connectivity index (χ1v) is 10.5. The lowest BCUT2D eigenvalue weighted by Crippen LogP contribution is -2.16. The smallest absolute Gasteiger partial charge is 0.255 e. The number of sulfonamides is 1. The fraction of sp³-hybridized carbons (Fsp3) is 0.190. The van der Waals surface area contributed by atoms with Gasteiger partial charge >= 0.3 is 0 Å². The Bertz CT molecular complexity index is 1040. The molecule has 4 rings (SSSR count). The van der Waals surface area contributed by atoms with Gasteiger partial charge in [0.1, 0.15) is 0 Å². The lowest BCUT2D eigenvalue weighted by molar-refractivity contribution is 0.604. The zero-order chi connectivity index (χ0) is 18.7. The van der Waals surface area contributed by atoms with Crippen LogP contribution in [0.1, 0.15) is 41.1 Å². The van der Waals surface area contributed by atoms with Gasteiger partial charge < -0.3 is 4.98 Å². The highest BCUT2D eigenvalue weighted by atomic mass is 32.2. The lowest BCUT2D eigenvalue weighted by Gasteiger charge is -2.26. The van der Waals surface area contributed by atoms with Gasteiger partial charge in [0.05, 0.1) is 23.1 Å². The van der Waals surface area contributed by atoms with E-state index in [9.17, 15) is 8.42 Å². The number of nitrogens with one attached hydrogen (secondary N) is 2. The number of hydrogen-bond donors (Lipinski definition) is 2. The van der Waals surface area contributed by atoms with Crippen molar-refractivity contribution in [2.75, 3.05) is 4.72 Å². The Morgan fingerprint density at radius 1 is 1.11 bits per heavy atom. The number of fused-ring (bicyclic) bond motifs is 1. The lowest BCUT2D eigenvalue weighted by atomic mass is 9.80. The summed E-state index contributed by atoms with van der Waals surface area (Å²) in [5.74, 6) is 0.198. The first-order chi connectivity index (χ1) is 13.1. The second-order valence-electron chi connectivity index (χ2n) is 6.67. The first-order valence-electron chi connectivity index (χ1n) is 8.99. The fourth-order valence-corrected chi connectivity index (χ4v) is 4.54. The Morgan fingerprint density at radius 2 is 1.96 bits per heavy atom. The van der Waals surface area contributed by atoms with E-state index in [4.69, 9.17) is 0 Å². The summed E-state index contributed by atoms with van der Waals surface area (Å²) in [6.45, 7) is 0. The van der Waals surface area contributed by atoms with Crippen LogP contribution in [0.4, 0.5) is 5.69 Å². The molecule has 1 aliphatic rings. The molecule has 1 aliphatic carbocycles. The number of hydrogen-bond acceptors (Lipinski definition) is 3. The second-order valence-corrected chi connectivity index (χ2v) is 8.24. The molecule has 0 fully saturated rings. The molecule has 27 heavy (non-hydrogen) atoms. The van der Waals surface area contributed by atoms with Gasteiger partial charge in [0.15, 0.2) is 0 Å². The molecule has 3 aromatic rings. The Labute approximate surface area is 159 Å². The van der Waals surface area contributed by atoms with Gasteiger partial charge in [0, 0.05) is 12.1 Å². The quantitative estimate of drug-likeness (QED) is 0.694. The number of aromatic amines is 1. The van der Waals surface area contributed by atoms with Crippen molar-refractivity contribution in [3.63, 3.8) is 0 Å². The molecule has 0 aliphatic heterocycles. The summed E-state index contributed by atoms with van der Waals surface area (Å²) in [6.07, 6.45) is 8.08. The second kappa shape index (κ2) is 7.40. The summed E-state index contributed by atoms with van der Waals surface area (Å²) >= 11 is 0. The Morgan fingerprint density at radius 3 is 2.74 bits per heavy atom. The van der Waals surface area contributed by atoms with Gasteiger partial charge in [-0.15, -0.1) is 0 Å². The predicted molar refractivity (Wildman–Crippen MR) is 108 cm³/mol. The molecular weight excluding hydrogens is 358 g/mol. The molecule has 1 atom stereocenters. The topological polar surface area (TPSA) is 74.8 Å². The largest absolute Gasteiger partial charge is 0.351 e. The fourth-order valence-electron chi connectivity index (χ4n) is 3.63. The van der Waals surface area contributed by atoms with Gasteiger partial charge in [0.25, 0.3) is 10.0 Å². The third-order valence-corrected chi connectivity index (χ3v) is 5.87. The molecule has 1 aromatic heterocycles. The molecule has 0 bridgehead atoms. The molecule has 0 saturated carbocycles. The van der Waals surface area contributed by atoms with Crippen molar-refractivity contribution in [3.05, 3.63) is 88.8 Å². The SMILES string of the molecule is O=S(=O)(C=Cc1ccccc1)Nc1cccc2c1CCCC2c1c[nH]cn1. The van der Waals surface area contributed by atoms with Crippen molar-refractivity contribution in [1.82, 2.24) is 9.97 Å². The number of H-pyrrole nitrogens is 1. The number of aromatic nitrogens is 2. The van der Waals surface area contributed by atoms with E-state index in [0.29, 0.717) is 5.69 Å². The van der Waals surface area contributed by atoms with E-state index in [2.05, 4.69) is 20.8 Å². The maximum Gasteiger partial charge on any atom is 0.255 e. The van der Waals surface area contributed by atoms with E-state index >= 15 is 0 Å². The van der Waals surface area contributed by atoms with Crippen LogP contribution in [0.3, 0.4) is 0 Å². The molecule has 138 valence electrons. The van der Waals surface area contributed by atoms with Crippen LogP contribution in [0.25, 0.3) is 6.08 Å². The third kappa shape index (κ3) is 3.95. The summed E-state index contributed by atoms with van der Waals surface area (Å²) in [5, 5.41) is 1.22. The minimum atomic E-state index is -3.59. The number of anilines is 1. The summed E-state index contributed by atoms with van der Waals surface area (Å²) in [6, 6.07) is 15.2. The van der Waals surface area contributed by atoms with Gasteiger partial charge in [-0.05, 0) is 48.1 Å². The van der Waals surface area contributed by atoms with Crippen molar-refractivity contribution in [2.24, 2.45) is 0 Å². The van der Waals surface area contributed by atoms with Gasteiger partial charge in [0.2, 0.25) is 0 Å². The van der Waals surface area contributed by atoms with Crippen LogP contribution < -0.4 is 4.72 Å². The minimum Gasteiger partial charge on any atom is -0.351 e. The van der Waals surface area contributed by atoms with Crippen LogP contribution >= 0.6 is 0 Å². The van der Waals surface area contributed by atoms with Crippen LogP contribution in [0.2, 0.25) is 0 Å². The molecule has 1 unspecified atom stereocenters. The van der Waals surface area contributed by atoms with Crippen LogP contribution in [-0.2, 0) is 16.4 Å². The van der Waals surface area contributed by atoms with Crippen LogP contribution in [-0.4, -0.2) is 18.4 Å². The number of nitrogens with zero attached hydrogens (tertiary/aromatic N) is 1. The molecule has 2 N–H and O–H groups in total. The normalized spacial score (nSPS) is 17.0. The average Bonchev–Trinajstić information content (AvgIpc) is 3.22. The molecule has 1 heterocycles. The van der Waals surface area contributed by atoms with E-state index in [1.807, 2.05) is 48.7 Å². The highest BCUT2D eigenvalue weighted by Gasteiger charge is 2.25. The summed E-state index contributed by atoms with van der Waals surface area (Å²) in [4.78, 5) is 7.41. The van der Waals surface area contributed by atoms with Crippen LogP contribution in [0.15, 0.2) is 66.5 Å². The zero-order valence-electron chi connectivity index (χ0n) is 14.8. The summed E-state index contributed by atoms with van der Waals surface area (Å²) < 4.78 is 27.8. The van der Waals surface area contributed by atoms with Crippen molar-refractivity contribution < 1.29 is 8.42 Å². The highest BCUT2D eigenvalue weighted by Crippen LogP contribution is 2.39. The van der Waals surface area contributed by atoms with Crippen molar-refractivity contribution in [2.45, 2.75) is 25.2 Å². The molecule has 2 aromatic carbocycles. The van der Waals surface area contributed by atoms with Crippen molar-refractivity contribution >= 4 is 21.8 Å². The van der Waals surface area contributed by atoms with E-state index in [1.54, 1.807) is 12.4 Å². The van der Waals surface area contributed by atoms with Crippen LogP contribution in [0.5, 0.6) is 0 Å². The molecule has 6 heteroatoms. The monoisotopic (exact) mass is 379 g/mol. The van der Waals surface area contributed by atoms with Crippen molar-refractivity contribution in [1.29, 1.82) is 0 Å². The zero-order valence-corrected chi connectivity index (χ0v) is 15.6. The van der Waals surface area contributed by atoms with Gasteiger partial charge in [-0.1, -0.05) is 42.5 Å². The van der Waals surface area contributed by atoms with Crippen molar-refractivity contribution in [3.8, 4) is 0 Å². The molecule has 0 saturated heterocycles. The molecule has 0 radical (unpaired) electrons. The van der Waals surface area contributed by atoms with Gasteiger partial charge in [-0.25, -0.2) is 13.4 Å². The predicted octanol–water partition coefficient (Wildman–Crippen LogP) is 4.29. The highest BCUT2D eigenvalue weighted by molar-refractivity contribution is 7.95. The molecule has 5 nitrogen and oxygen atoms in total. The molecular formula is C21H21N3O2S. The number of benzene rings is 2. The minimum absolute atomic E-state index is 0.198. The maximum atomic E-state index is 12.6. The maximum absolute atomic E-state index is 12.6. The molecule has 0 amide bonds. The molecule has 0 spiro atoms. The Hall–Kier alpha value is -2.86. The number of rotatable bonds is 5. The van der Waals surface area contributed by atoms with Gasteiger partial charge in [-0.2, -0.15) is 0 Å². The Balaban J connectivity index is 1.62. The van der Waals surface area contributed by atoms with E-state index in [-0.39, 0.29) is 5.92 Å². The van der Waals surface area contributed by atoms with E-state index in [0.717, 1.165) is 41.6 Å². The third-order valence-electron chi connectivity index (χ3n) is 4.88.